The van der Waals surface area contributed by atoms with Crippen molar-refractivity contribution in [1.29, 1.82) is 0 Å². The van der Waals surface area contributed by atoms with Gasteiger partial charge in [0.25, 0.3) is 0 Å². The monoisotopic (exact) mass is 473 g/mol. The van der Waals surface area contributed by atoms with Gasteiger partial charge in [-0.15, -0.1) is 11.3 Å². The number of hydrogen-bond acceptors (Lipinski definition) is 6. The Bertz CT molecular complexity index is 1410. The minimum absolute atomic E-state index is 0.170. The molecule has 1 heterocycles. The van der Waals surface area contributed by atoms with Crippen molar-refractivity contribution in [2.45, 2.75) is 38.1 Å². The van der Waals surface area contributed by atoms with Crippen LogP contribution in [0.3, 0.4) is 0 Å². The summed E-state index contributed by atoms with van der Waals surface area (Å²) in [5, 5.41) is 29.1. The Morgan fingerprint density at radius 3 is 2.62 bits per heavy atom. The summed E-state index contributed by atoms with van der Waals surface area (Å²) in [5.41, 5.74) is 2.39. The first-order valence-electron chi connectivity index (χ1n) is 11.5. The van der Waals surface area contributed by atoms with Crippen LogP contribution in [-0.4, -0.2) is 34.3 Å². The maximum atomic E-state index is 10.2. The van der Waals surface area contributed by atoms with E-state index in [1.807, 2.05) is 16.8 Å². The van der Waals surface area contributed by atoms with E-state index in [-0.39, 0.29) is 11.5 Å². The van der Waals surface area contributed by atoms with Gasteiger partial charge in [0.05, 0.1) is 25.1 Å². The number of para-hydroxylation sites is 1. The molecule has 0 saturated heterocycles. The summed E-state index contributed by atoms with van der Waals surface area (Å²) in [7, 11) is 1.67. The summed E-state index contributed by atoms with van der Waals surface area (Å²) < 4.78 is 7.19. The Hall–Kier alpha value is -3.58. The van der Waals surface area contributed by atoms with Crippen molar-refractivity contribution in [3.05, 3.63) is 70.3 Å². The van der Waals surface area contributed by atoms with Crippen LogP contribution < -0.4 is 9.54 Å². The number of ether oxygens (including phenoxy) is 1. The summed E-state index contributed by atoms with van der Waals surface area (Å²) in [6.45, 7) is 0. The highest BCUT2D eigenvalue weighted by molar-refractivity contribution is 7.07. The third-order valence-electron chi connectivity index (χ3n) is 6.25. The van der Waals surface area contributed by atoms with Crippen molar-refractivity contribution < 1.29 is 14.9 Å². The van der Waals surface area contributed by atoms with Gasteiger partial charge in [-0.25, -0.2) is 4.68 Å². The van der Waals surface area contributed by atoms with Gasteiger partial charge in [0, 0.05) is 16.5 Å². The van der Waals surface area contributed by atoms with E-state index in [0.29, 0.717) is 11.6 Å². The molecule has 1 fully saturated rings. The number of rotatable bonds is 5. The maximum absolute atomic E-state index is 10.2. The number of thiazole rings is 1. The second-order valence-electron chi connectivity index (χ2n) is 8.52. The topological polar surface area (TPSA) is 79.3 Å². The van der Waals surface area contributed by atoms with Crippen molar-refractivity contribution >= 4 is 28.3 Å². The van der Waals surface area contributed by atoms with E-state index in [9.17, 15) is 10.2 Å². The molecule has 34 heavy (non-hydrogen) atoms. The van der Waals surface area contributed by atoms with Crippen LogP contribution in [0.2, 0.25) is 0 Å². The van der Waals surface area contributed by atoms with Crippen LogP contribution in [0.5, 0.6) is 17.2 Å². The molecule has 1 aliphatic rings. The smallest absolute Gasteiger partial charge is 0.206 e. The number of phenolic OH excluding ortho intramolecular Hbond substituents is 2. The zero-order valence-corrected chi connectivity index (χ0v) is 19.8. The first-order valence-corrected chi connectivity index (χ1v) is 12.4. The molecule has 7 heteroatoms. The average Bonchev–Trinajstić information content (AvgIpc) is 3.27. The van der Waals surface area contributed by atoms with E-state index < -0.39 is 0 Å². The number of fused-ring (bicyclic) bond motifs is 1. The lowest BCUT2D eigenvalue weighted by Crippen LogP contribution is -2.19. The van der Waals surface area contributed by atoms with Crippen LogP contribution in [0.4, 0.5) is 0 Å². The molecule has 4 aromatic rings. The van der Waals surface area contributed by atoms with Gasteiger partial charge in [-0.05, 0) is 53.9 Å². The number of phenols is 2. The van der Waals surface area contributed by atoms with Gasteiger partial charge in [0.1, 0.15) is 5.75 Å². The molecule has 0 amide bonds. The normalized spacial score (nSPS) is 15.4. The molecular weight excluding hydrogens is 446 g/mol. The van der Waals surface area contributed by atoms with Crippen LogP contribution >= 0.6 is 11.3 Å². The zero-order chi connectivity index (χ0) is 23.5. The number of aromatic nitrogens is 1. The van der Waals surface area contributed by atoms with Crippen molar-refractivity contribution in [2.75, 3.05) is 7.11 Å². The van der Waals surface area contributed by atoms with Crippen LogP contribution in [0.25, 0.3) is 22.0 Å². The minimum Gasteiger partial charge on any atom is -0.504 e. The zero-order valence-electron chi connectivity index (χ0n) is 19.0. The second-order valence-corrected chi connectivity index (χ2v) is 9.36. The highest BCUT2D eigenvalue weighted by Crippen LogP contribution is 2.29. The number of nitrogens with zero attached hydrogens (tertiary/aromatic N) is 3. The van der Waals surface area contributed by atoms with Crippen LogP contribution in [-0.2, 0) is 0 Å². The van der Waals surface area contributed by atoms with E-state index in [4.69, 9.17) is 14.8 Å². The number of benzene rings is 3. The van der Waals surface area contributed by atoms with E-state index >= 15 is 0 Å². The molecule has 0 atom stereocenters. The first-order chi connectivity index (χ1) is 16.6. The lowest BCUT2D eigenvalue weighted by Gasteiger charge is -2.16. The molecule has 0 unspecified atom stereocenters. The molecule has 0 radical (unpaired) electrons. The highest BCUT2D eigenvalue weighted by Gasteiger charge is 2.14. The Kier molecular flexibility index (Phi) is 6.36. The fraction of sp³-hybridized carbons (Fsp3) is 0.259. The summed E-state index contributed by atoms with van der Waals surface area (Å²) in [4.78, 5) is 5.87. The molecule has 174 valence electrons. The fourth-order valence-corrected chi connectivity index (χ4v) is 5.26. The summed E-state index contributed by atoms with van der Waals surface area (Å²) in [6, 6.07) is 17.5. The van der Waals surface area contributed by atoms with Gasteiger partial charge in [-0.2, -0.15) is 5.10 Å². The van der Waals surface area contributed by atoms with Gasteiger partial charge < -0.3 is 14.9 Å². The summed E-state index contributed by atoms with van der Waals surface area (Å²) in [5.74, 6) is 0.473. The van der Waals surface area contributed by atoms with Gasteiger partial charge in [-0.3, -0.25) is 4.99 Å². The second kappa shape index (κ2) is 9.73. The molecule has 1 saturated carbocycles. The van der Waals surface area contributed by atoms with E-state index in [1.165, 1.54) is 25.3 Å². The predicted molar refractivity (Wildman–Crippen MR) is 137 cm³/mol. The number of methoxy groups -OCH3 is 1. The largest absolute Gasteiger partial charge is 0.504 e. The third kappa shape index (κ3) is 4.56. The van der Waals surface area contributed by atoms with Gasteiger partial charge in [0.15, 0.2) is 11.5 Å². The SMILES string of the molecule is COc1ccc2cc(-c3csc(=NC4CCCCC4)n3N=Cc3cccc(O)c3O)ccc2c1. The predicted octanol–water partition coefficient (Wildman–Crippen LogP) is 5.91. The van der Waals surface area contributed by atoms with Gasteiger partial charge in [0.2, 0.25) is 4.80 Å². The minimum atomic E-state index is -0.186. The molecule has 0 spiro atoms. The Morgan fingerprint density at radius 2 is 1.79 bits per heavy atom. The molecule has 0 aliphatic heterocycles. The molecular formula is C27H27N3O3S. The molecule has 1 aliphatic carbocycles. The lowest BCUT2D eigenvalue weighted by molar-refractivity contribution is 0.403. The van der Waals surface area contributed by atoms with Crippen LogP contribution in [0.1, 0.15) is 37.7 Å². The third-order valence-corrected chi connectivity index (χ3v) is 7.08. The molecule has 0 bridgehead atoms. The quantitative estimate of drug-likeness (QED) is 0.280. The summed E-state index contributed by atoms with van der Waals surface area (Å²) >= 11 is 1.57. The first kappa shape index (κ1) is 22.2. The van der Waals surface area contributed by atoms with E-state index in [2.05, 4.69) is 29.6 Å². The molecule has 2 N–H and O–H groups in total. The van der Waals surface area contributed by atoms with E-state index in [0.717, 1.165) is 45.4 Å². The lowest BCUT2D eigenvalue weighted by atomic mass is 9.96. The summed E-state index contributed by atoms with van der Waals surface area (Å²) in [6.07, 6.45) is 7.46. The van der Waals surface area contributed by atoms with Crippen LogP contribution in [0, 0.1) is 0 Å². The van der Waals surface area contributed by atoms with Crippen LogP contribution in [0.15, 0.2) is 70.1 Å². The maximum Gasteiger partial charge on any atom is 0.206 e. The number of aromatic hydroxyl groups is 2. The van der Waals surface area contributed by atoms with Crippen molar-refractivity contribution in [3.63, 3.8) is 0 Å². The molecule has 6 nitrogen and oxygen atoms in total. The number of hydrogen-bond donors (Lipinski definition) is 2. The Balaban J connectivity index is 1.61. The van der Waals surface area contributed by atoms with Crippen molar-refractivity contribution in [1.82, 2.24) is 4.68 Å². The fourth-order valence-electron chi connectivity index (χ4n) is 4.35. The van der Waals surface area contributed by atoms with Gasteiger partial charge >= 0.3 is 0 Å². The van der Waals surface area contributed by atoms with Crippen molar-refractivity contribution in [3.8, 4) is 28.5 Å². The standard InChI is InChI=1S/C27H27N3O3S/c1-33-23-13-12-18-14-20(11-10-19(18)15-23)24-17-34-27(29-22-7-3-2-4-8-22)30(24)28-16-21-6-5-9-25(31)26(21)32/h5-6,9-17,22,31-32H,2-4,7-8H2,1H3. The van der Waals surface area contributed by atoms with E-state index in [1.54, 1.807) is 36.8 Å². The van der Waals surface area contributed by atoms with Crippen molar-refractivity contribution in [2.24, 2.45) is 10.1 Å². The highest BCUT2D eigenvalue weighted by atomic mass is 32.1. The molecule has 5 rings (SSSR count). The van der Waals surface area contributed by atoms with Gasteiger partial charge in [-0.1, -0.05) is 43.5 Å². The molecule has 3 aromatic carbocycles. The average molecular weight is 474 g/mol. The Morgan fingerprint density at radius 1 is 1.00 bits per heavy atom. The molecule has 1 aromatic heterocycles. The Labute approximate surface area is 202 Å².